The first kappa shape index (κ1) is 68.3. The van der Waals surface area contributed by atoms with E-state index in [1.807, 2.05) is 0 Å². The van der Waals surface area contributed by atoms with Gasteiger partial charge in [-0.3, -0.25) is 58.1 Å². The lowest BCUT2D eigenvalue weighted by molar-refractivity contribution is -0.183. The number of imidazole rings is 2. The minimum Gasteiger partial charge on any atom is -0.447 e. The molecule has 3 unspecified atom stereocenters. The molecule has 0 aliphatic carbocycles. The van der Waals surface area contributed by atoms with Gasteiger partial charge in [-0.05, 0) is 60.1 Å². The van der Waals surface area contributed by atoms with Crippen LogP contribution in [0.25, 0.3) is 16.9 Å². The number of carbonyl (C=O) groups is 8. The van der Waals surface area contributed by atoms with Gasteiger partial charge in [0, 0.05) is 56.7 Å². The molecule has 4 bridgehead atoms. The van der Waals surface area contributed by atoms with Crippen molar-refractivity contribution >= 4 is 119 Å². The van der Waals surface area contributed by atoms with Crippen LogP contribution in [0.5, 0.6) is 0 Å². The molecule has 1 aromatic carbocycles. The second-order valence-electron chi connectivity index (χ2n) is 22.5. The number of amides is 8. The third-order valence-corrected chi connectivity index (χ3v) is 18.7. The number of nitrogens with two attached hydrogens (primary N) is 2. The van der Waals surface area contributed by atoms with Gasteiger partial charge < -0.3 is 79.7 Å². The van der Waals surface area contributed by atoms with Gasteiger partial charge in [-0.1, -0.05) is 32.6 Å². The van der Waals surface area contributed by atoms with Gasteiger partial charge in [0.25, 0.3) is 11.8 Å². The molecule has 502 valence electrons. The number of fused-ring (bicyclic) bond motifs is 4. The molecule has 40 heteroatoms. The Bertz CT molecular complexity index is 3680. The third-order valence-electron chi connectivity index (χ3n) is 15.6. The molecule has 10 rings (SSSR count). The topological polar surface area (TPSA) is 452 Å². The molecule has 4 saturated heterocycles. The zero-order valence-electron chi connectivity index (χ0n) is 49.9. The number of likely N-dealkylation sites (N-methyl/N-ethyl adjacent to an activating group) is 1. The zero-order valence-corrected chi connectivity index (χ0v) is 53.3. The largest absolute Gasteiger partial charge is 0.447 e. The van der Waals surface area contributed by atoms with Crippen molar-refractivity contribution in [3.05, 3.63) is 73.2 Å². The SMILES string of the molecule is C=C1NC(N)Nc2c1ncn2[C@@H]1O[C@@H]2COP(O)(=S)O[C@H]3[C@H]4OC[C@]3(COP(O)(=S)O[C@@H]1[C@@H]2F)O[C@H]4n1cnc2c(NC(=O)OCCN(C)C(=O)OCc3ccc(NC(=O)[C@H](CCCNC(N)=O)CC(=O)[C@@H](NC(=O)CCN4C(=O)C=CC4=O)C(C)C)cc3)ncnc21. The first-order chi connectivity index (χ1) is 44.2. The maximum absolute atomic E-state index is 16.4. The molecular weight excluding hydrogens is 1310 g/mol. The van der Waals surface area contributed by atoms with E-state index < -0.39 is 141 Å². The van der Waals surface area contributed by atoms with Crippen LogP contribution in [0.1, 0.15) is 63.2 Å². The van der Waals surface area contributed by atoms with Crippen LogP contribution in [0.4, 0.5) is 36.1 Å². The molecule has 0 radical (unpaired) electrons. The number of benzene rings is 1. The molecule has 6 aliphatic rings. The number of nitrogens with zero attached hydrogens (tertiary/aromatic N) is 8. The molecule has 3 aromatic heterocycles. The second-order valence-corrected chi connectivity index (χ2v) is 28.1. The molecule has 9 heterocycles. The summed E-state index contributed by atoms with van der Waals surface area (Å²) in [6, 6.07) is 4.57. The van der Waals surface area contributed by atoms with E-state index >= 15 is 4.39 Å². The highest BCUT2D eigenvalue weighted by Gasteiger charge is 2.65. The van der Waals surface area contributed by atoms with E-state index in [-0.39, 0.29) is 88.0 Å². The lowest BCUT2D eigenvalue weighted by Gasteiger charge is -2.34. The highest BCUT2D eigenvalue weighted by atomic mass is 32.5. The number of rotatable bonds is 22. The summed E-state index contributed by atoms with van der Waals surface area (Å²) in [5.41, 5.74) is 11.4. The van der Waals surface area contributed by atoms with E-state index in [4.69, 9.17) is 76.9 Å². The fraction of sp³-hybridized carbons (Fsp3) is 0.509. The predicted molar refractivity (Wildman–Crippen MR) is 327 cm³/mol. The Morgan fingerprint density at radius 2 is 1.68 bits per heavy atom. The Balaban J connectivity index is 0.701. The number of ether oxygens (including phenoxy) is 5. The minimum atomic E-state index is -4.41. The molecule has 13 atom stereocenters. The minimum absolute atomic E-state index is 0.0618. The average molecular weight is 1380 g/mol. The summed E-state index contributed by atoms with van der Waals surface area (Å²) in [4.78, 5) is 144. The lowest BCUT2D eigenvalue weighted by atomic mass is 9.89. The number of primary amides is 1. The molecule has 8 amide bonds. The van der Waals surface area contributed by atoms with E-state index in [1.165, 1.54) is 28.8 Å². The van der Waals surface area contributed by atoms with Gasteiger partial charge in [-0.2, -0.15) is 0 Å². The Morgan fingerprint density at radius 3 is 2.41 bits per heavy atom. The summed E-state index contributed by atoms with van der Waals surface area (Å²) in [7, 11) is 1.42. The van der Waals surface area contributed by atoms with Crippen molar-refractivity contribution in [2.45, 2.75) is 107 Å². The predicted octanol–water partition coefficient (Wildman–Crippen LogP) is 1.34. The average Bonchev–Trinajstić information content (AvgIpc) is 1.56. The number of halogens is 1. The molecule has 0 saturated carbocycles. The molecule has 4 fully saturated rings. The van der Waals surface area contributed by atoms with E-state index in [9.17, 15) is 48.1 Å². The van der Waals surface area contributed by atoms with Gasteiger partial charge in [0.1, 0.15) is 61.1 Å². The Labute approximate surface area is 538 Å². The maximum Gasteiger partial charge on any atom is 0.412 e. The molecule has 0 spiro atoms. The van der Waals surface area contributed by atoms with Crippen LogP contribution in [-0.2, 0) is 96.0 Å². The van der Waals surface area contributed by atoms with Gasteiger partial charge in [-0.15, -0.1) is 0 Å². The van der Waals surface area contributed by atoms with Crippen LogP contribution in [0, 0.1) is 11.8 Å². The third kappa shape index (κ3) is 15.8. The highest BCUT2D eigenvalue weighted by molar-refractivity contribution is 8.07. The van der Waals surface area contributed by atoms with Crippen molar-refractivity contribution in [2.75, 3.05) is 69.1 Å². The van der Waals surface area contributed by atoms with Crippen LogP contribution >= 0.6 is 13.4 Å². The van der Waals surface area contributed by atoms with Crippen molar-refractivity contribution in [3.8, 4) is 0 Å². The summed E-state index contributed by atoms with van der Waals surface area (Å²) in [5.74, 6) is -3.70. The Morgan fingerprint density at radius 1 is 0.946 bits per heavy atom. The number of aromatic nitrogens is 6. The van der Waals surface area contributed by atoms with Gasteiger partial charge in [0.2, 0.25) is 11.8 Å². The summed E-state index contributed by atoms with van der Waals surface area (Å²) in [5, 5.41) is 16.3. The molecule has 4 aromatic rings. The standard InChI is InChI=1S/C53H67FN16O19P2S2/c1-26(2)37(64-33(72)13-15-68-34(73)11-12-35(68)74)31(71)18-29(6-5-14-57-50(56)76)46(75)63-30-9-7-28(8-10-30)19-82-52(78)67(4)16-17-81-51(77)65-43-39-44(59-23-58-43)69(25-61-39)48-41-42-53(87-48,21-83-41)22-85-91(80,93)88-40-36(54)32(20-84-90(79,92)89-42)86-47(40)70-24-60-38-27(3)62-49(55)66-45(38)70/h7-12,23-26,29,32,36-37,40-42,47-49,62,66H,3,5-6,13-22,55H2,1-2,4H3,(H,63,75)(H,64,72)(H,79,92)(H,80,93)(H3,56,57,76)(H,58,59,65,77)/t29-,32-,36-,37+,40-,41-,42+,47-,48-,49?,53-,90?,91?/m1/s1. The summed E-state index contributed by atoms with van der Waals surface area (Å²) in [6.45, 7) is -3.50. The molecule has 6 aliphatic heterocycles. The first-order valence-corrected chi connectivity index (χ1v) is 34.1. The lowest BCUT2D eigenvalue weighted by Crippen LogP contribution is -2.46. The maximum atomic E-state index is 16.4. The normalized spacial score (nSPS) is 28.0. The monoisotopic (exact) mass is 1380 g/mol. The molecule has 35 nitrogen and oxygen atoms in total. The van der Waals surface area contributed by atoms with Crippen LogP contribution in [0.15, 0.2) is 62.0 Å². The number of anilines is 3. The van der Waals surface area contributed by atoms with Gasteiger partial charge >= 0.3 is 31.7 Å². The van der Waals surface area contributed by atoms with Gasteiger partial charge in [0.05, 0.1) is 50.8 Å². The number of urea groups is 1. The number of carbonyl (C=O) groups excluding carboxylic acids is 8. The number of ketones is 1. The number of nitrogens with one attached hydrogen (secondary N) is 6. The smallest absolute Gasteiger partial charge is 0.412 e. The number of hydrogen-bond acceptors (Lipinski definition) is 26. The van der Waals surface area contributed by atoms with Gasteiger partial charge in [-0.25, -0.2) is 38.7 Å². The highest BCUT2D eigenvalue weighted by Crippen LogP contribution is 2.59. The fourth-order valence-electron chi connectivity index (χ4n) is 10.9. The van der Waals surface area contributed by atoms with Crippen molar-refractivity contribution < 1.29 is 94.3 Å². The summed E-state index contributed by atoms with van der Waals surface area (Å²) >= 11 is 10.9. The number of hydrogen-bond donors (Lipinski definition) is 10. The van der Waals surface area contributed by atoms with E-state index in [1.54, 1.807) is 38.1 Å². The van der Waals surface area contributed by atoms with Crippen molar-refractivity contribution in [1.82, 2.24) is 54.8 Å². The van der Waals surface area contributed by atoms with E-state index in [0.29, 0.717) is 28.5 Å². The zero-order chi connectivity index (χ0) is 66.7. The van der Waals surface area contributed by atoms with Crippen LogP contribution in [0.2, 0.25) is 0 Å². The number of imide groups is 1. The summed E-state index contributed by atoms with van der Waals surface area (Å²) in [6.07, 6.45) is -6.61. The second kappa shape index (κ2) is 28.6. The summed E-state index contributed by atoms with van der Waals surface area (Å²) < 4.78 is 72.3. The van der Waals surface area contributed by atoms with E-state index in [2.05, 4.69) is 58.4 Å². The number of Topliss-reactive ketones (excluding diaryl/α,β-unsaturated/α-hetero) is 1. The van der Waals surface area contributed by atoms with Crippen molar-refractivity contribution in [2.24, 2.45) is 23.3 Å². The molecular formula is C53H67FN16O19P2S2. The number of alkyl halides is 1. The molecule has 12 N–H and O–H groups in total. The Hall–Kier alpha value is -7.55. The van der Waals surface area contributed by atoms with Crippen LogP contribution < -0.4 is 43.4 Å². The van der Waals surface area contributed by atoms with Crippen molar-refractivity contribution in [1.29, 1.82) is 0 Å². The van der Waals surface area contributed by atoms with Gasteiger partial charge in [0.15, 0.2) is 47.7 Å². The first-order valence-electron chi connectivity index (χ1n) is 28.9. The quantitative estimate of drug-likeness (QED) is 0.0301. The molecule has 93 heavy (non-hydrogen) atoms. The van der Waals surface area contributed by atoms with Crippen LogP contribution in [-0.4, -0.2) is 198 Å². The van der Waals surface area contributed by atoms with Crippen LogP contribution in [0.3, 0.4) is 0 Å². The van der Waals surface area contributed by atoms with Crippen molar-refractivity contribution in [3.63, 3.8) is 0 Å². The van der Waals surface area contributed by atoms with E-state index in [0.717, 1.165) is 28.3 Å². The fourth-order valence-corrected chi connectivity index (χ4v) is 13.8. The Kier molecular flexibility index (Phi) is 21.0.